The van der Waals surface area contributed by atoms with Gasteiger partial charge in [-0.05, 0) is 19.1 Å². The Kier molecular flexibility index (Phi) is 2.82. The maximum absolute atomic E-state index is 11.2. The molecule has 0 aliphatic heterocycles. The quantitative estimate of drug-likeness (QED) is 0.839. The van der Waals surface area contributed by atoms with Gasteiger partial charge in [-0.15, -0.1) is 0 Å². The number of nitrogens with one attached hydrogen (secondary N) is 1. The zero-order chi connectivity index (χ0) is 12.4. The topological polar surface area (TPSA) is 79.4 Å². The number of fused-ring (bicyclic) bond motifs is 1. The second kappa shape index (κ2) is 4.29. The number of rotatable bonds is 3. The maximum Gasteiger partial charge on any atom is 0.344 e. The monoisotopic (exact) mass is 233 g/mol. The third kappa shape index (κ3) is 2.28. The molecule has 5 nitrogen and oxygen atoms in total. The molecule has 2 N–H and O–H groups in total. The fourth-order valence-corrected chi connectivity index (χ4v) is 1.49. The molecule has 88 valence electrons. The minimum atomic E-state index is -1.06. The number of benzene rings is 1. The van der Waals surface area contributed by atoms with E-state index in [-0.39, 0.29) is 5.56 Å². The molecule has 0 aliphatic carbocycles. The van der Waals surface area contributed by atoms with Crippen molar-refractivity contribution in [2.24, 2.45) is 0 Å². The van der Waals surface area contributed by atoms with Crippen LogP contribution in [-0.4, -0.2) is 22.2 Å². The van der Waals surface area contributed by atoms with Crippen LogP contribution in [-0.2, 0) is 4.79 Å². The Morgan fingerprint density at radius 3 is 2.82 bits per heavy atom. The van der Waals surface area contributed by atoms with Crippen molar-refractivity contribution < 1.29 is 14.6 Å². The van der Waals surface area contributed by atoms with Gasteiger partial charge in [-0.3, -0.25) is 4.79 Å². The van der Waals surface area contributed by atoms with Crippen molar-refractivity contribution in [3.8, 4) is 5.75 Å². The number of hydrogen-bond acceptors (Lipinski definition) is 3. The van der Waals surface area contributed by atoms with Crippen molar-refractivity contribution in [2.75, 3.05) is 0 Å². The highest BCUT2D eigenvalue weighted by Gasteiger charge is 2.14. The Bertz CT molecular complexity index is 617. The standard InChI is InChI=1S/C12H11NO4/c1-7(12(15)16)17-9-4-2-3-8-5-6-10(14)13-11(8)9/h2-7H,1H3,(H,13,14)(H,15,16). The number of carbonyl (C=O) groups is 1. The lowest BCUT2D eigenvalue weighted by atomic mass is 10.2. The average molecular weight is 233 g/mol. The summed E-state index contributed by atoms with van der Waals surface area (Å²) in [5.41, 5.74) is 0.254. The fourth-order valence-electron chi connectivity index (χ4n) is 1.49. The molecule has 0 aliphatic rings. The summed E-state index contributed by atoms with van der Waals surface area (Å²) in [6.07, 6.45) is -0.968. The fraction of sp³-hybridized carbons (Fsp3) is 0.167. The number of aromatic amines is 1. The molecule has 1 unspecified atom stereocenters. The van der Waals surface area contributed by atoms with Gasteiger partial charge in [0.05, 0.1) is 5.52 Å². The molecular formula is C12H11NO4. The Balaban J connectivity index is 2.50. The Morgan fingerprint density at radius 2 is 2.12 bits per heavy atom. The second-order valence-corrected chi connectivity index (χ2v) is 3.64. The van der Waals surface area contributed by atoms with Gasteiger partial charge >= 0.3 is 5.97 Å². The van der Waals surface area contributed by atoms with E-state index >= 15 is 0 Å². The van der Waals surface area contributed by atoms with E-state index in [2.05, 4.69) is 4.98 Å². The van der Waals surface area contributed by atoms with Crippen LogP contribution in [0.3, 0.4) is 0 Å². The Labute approximate surface area is 96.7 Å². The van der Waals surface area contributed by atoms with E-state index in [1.807, 2.05) is 6.07 Å². The number of ether oxygens (including phenoxy) is 1. The van der Waals surface area contributed by atoms with Gasteiger partial charge in [0.15, 0.2) is 6.10 Å². The van der Waals surface area contributed by atoms with Crippen LogP contribution in [0.15, 0.2) is 35.1 Å². The molecule has 0 bridgehead atoms. The Morgan fingerprint density at radius 1 is 1.35 bits per heavy atom. The molecule has 2 rings (SSSR count). The zero-order valence-corrected chi connectivity index (χ0v) is 9.14. The molecule has 1 aromatic heterocycles. The van der Waals surface area contributed by atoms with Gasteiger partial charge in [-0.2, -0.15) is 0 Å². The van der Waals surface area contributed by atoms with Crippen molar-refractivity contribution in [1.82, 2.24) is 4.98 Å². The summed E-state index contributed by atoms with van der Waals surface area (Å²) < 4.78 is 5.27. The minimum Gasteiger partial charge on any atom is -0.479 e. The molecule has 0 radical (unpaired) electrons. The van der Waals surface area contributed by atoms with Crippen LogP contribution in [0, 0.1) is 0 Å². The smallest absolute Gasteiger partial charge is 0.344 e. The van der Waals surface area contributed by atoms with E-state index in [1.54, 1.807) is 18.2 Å². The van der Waals surface area contributed by atoms with Gasteiger partial charge in [0.2, 0.25) is 5.56 Å². The van der Waals surface area contributed by atoms with Gasteiger partial charge in [0.25, 0.3) is 0 Å². The summed E-state index contributed by atoms with van der Waals surface area (Å²) in [4.78, 5) is 24.6. The zero-order valence-electron chi connectivity index (χ0n) is 9.14. The molecule has 0 saturated carbocycles. The summed E-state index contributed by atoms with van der Waals surface area (Å²) in [6.45, 7) is 1.43. The summed E-state index contributed by atoms with van der Waals surface area (Å²) in [5, 5.41) is 9.56. The van der Waals surface area contributed by atoms with Crippen LogP contribution in [0.1, 0.15) is 6.92 Å². The molecule has 0 amide bonds. The number of para-hydroxylation sites is 1. The van der Waals surface area contributed by atoms with Crippen molar-refractivity contribution in [2.45, 2.75) is 13.0 Å². The van der Waals surface area contributed by atoms with Crippen LogP contribution >= 0.6 is 0 Å². The predicted octanol–water partition coefficient (Wildman–Crippen LogP) is 1.38. The van der Waals surface area contributed by atoms with Crippen LogP contribution in [0.2, 0.25) is 0 Å². The molecule has 0 fully saturated rings. The van der Waals surface area contributed by atoms with Crippen molar-refractivity contribution in [1.29, 1.82) is 0 Å². The third-order valence-electron chi connectivity index (χ3n) is 2.37. The van der Waals surface area contributed by atoms with E-state index in [9.17, 15) is 9.59 Å². The highest BCUT2D eigenvalue weighted by Crippen LogP contribution is 2.23. The number of aliphatic carboxylic acids is 1. The number of H-pyrrole nitrogens is 1. The van der Waals surface area contributed by atoms with Crippen LogP contribution < -0.4 is 10.3 Å². The van der Waals surface area contributed by atoms with Gasteiger partial charge in [-0.25, -0.2) is 4.79 Å². The minimum absolute atomic E-state index is 0.253. The number of hydrogen-bond donors (Lipinski definition) is 2. The number of aromatic nitrogens is 1. The third-order valence-corrected chi connectivity index (χ3v) is 2.37. The largest absolute Gasteiger partial charge is 0.479 e. The average Bonchev–Trinajstić information content (AvgIpc) is 2.29. The predicted molar refractivity (Wildman–Crippen MR) is 62.3 cm³/mol. The van der Waals surface area contributed by atoms with Gasteiger partial charge in [0, 0.05) is 11.5 Å². The molecular weight excluding hydrogens is 222 g/mol. The van der Waals surface area contributed by atoms with E-state index < -0.39 is 12.1 Å². The second-order valence-electron chi connectivity index (χ2n) is 3.64. The molecule has 0 spiro atoms. The van der Waals surface area contributed by atoms with Crippen LogP contribution in [0.25, 0.3) is 10.9 Å². The van der Waals surface area contributed by atoms with E-state index in [0.29, 0.717) is 11.3 Å². The maximum atomic E-state index is 11.2. The van der Waals surface area contributed by atoms with E-state index in [4.69, 9.17) is 9.84 Å². The molecule has 1 heterocycles. The lowest BCUT2D eigenvalue weighted by Gasteiger charge is -2.12. The first-order valence-electron chi connectivity index (χ1n) is 5.09. The molecule has 1 atom stereocenters. The van der Waals surface area contributed by atoms with Gasteiger partial charge in [0.1, 0.15) is 5.75 Å². The molecule has 2 aromatic rings. The van der Waals surface area contributed by atoms with Gasteiger partial charge in [-0.1, -0.05) is 12.1 Å². The molecule has 5 heteroatoms. The van der Waals surface area contributed by atoms with Gasteiger partial charge < -0.3 is 14.8 Å². The first-order valence-corrected chi connectivity index (χ1v) is 5.09. The lowest BCUT2D eigenvalue weighted by Crippen LogP contribution is -2.23. The summed E-state index contributed by atoms with van der Waals surface area (Å²) >= 11 is 0. The van der Waals surface area contributed by atoms with E-state index in [1.165, 1.54) is 13.0 Å². The lowest BCUT2D eigenvalue weighted by molar-refractivity contribution is -0.144. The summed E-state index contributed by atoms with van der Waals surface area (Å²) in [7, 11) is 0. The number of carboxylic acid groups (broad SMARTS) is 1. The van der Waals surface area contributed by atoms with Crippen molar-refractivity contribution in [3.63, 3.8) is 0 Å². The highest BCUT2D eigenvalue weighted by molar-refractivity contribution is 5.84. The molecule has 1 aromatic carbocycles. The van der Waals surface area contributed by atoms with E-state index in [0.717, 1.165) is 5.39 Å². The van der Waals surface area contributed by atoms with Crippen molar-refractivity contribution >= 4 is 16.9 Å². The summed E-state index contributed by atoms with van der Waals surface area (Å²) in [6, 6.07) is 8.24. The van der Waals surface area contributed by atoms with Crippen molar-refractivity contribution in [3.05, 3.63) is 40.7 Å². The molecule has 17 heavy (non-hydrogen) atoms. The number of carboxylic acids is 1. The first-order chi connectivity index (χ1) is 8.08. The van der Waals surface area contributed by atoms with Crippen LogP contribution in [0.5, 0.6) is 5.75 Å². The highest BCUT2D eigenvalue weighted by atomic mass is 16.5. The summed E-state index contributed by atoms with van der Waals surface area (Å²) in [5.74, 6) is -0.699. The normalized spacial score (nSPS) is 12.3. The Hall–Kier alpha value is -2.30. The van der Waals surface area contributed by atoms with Crippen LogP contribution in [0.4, 0.5) is 0 Å². The SMILES string of the molecule is CC(Oc1cccc2ccc(=O)[nH]c12)C(=O)O. The molecule has 0 saturated heterocycles. The first kappa shape index (κ1) is 11.2. The number of pyridine rings is 1.